The molecule has 0 aromatic heterocycles. The smallest absolute Gasteiger partial charge is 0.0549 e. The molecule has 64 valence electrons. The SMILES string of the molecule is C[C@@H]1CCC[C@H](C)C12COC2. The van der Waals surface area contributed by atoms with Gasteiger partial charge in [-0.05, 0) is 24.7 Å². The Morgan fingerprint density at radius 2 is 1.64 bits per heavy atom. The number of ether oxygens (including phenoxy) is 1. The molecular formula is C10H18O. The van der Waals surface area contributed by atoms with Crippen LogP contribution in [0.4, 0.5) is 0 Å². The molecule has 1 saturated carbocycles. The lowest BCUT2D eigenvalue weighted by Crippen LogP contribution is -2.53. The molecule has 0 radical (unpaired) electrons. The van der Waals surface area contributed by atoms with Gasteiger partial charge in [-0.25, -0.2) is 0 Å². The van der Waals surface area contributed by atoms with E-state index in [1.54, 1.807) is 0 Å². The van der Waals surface area contributed by atoms with Crippen LogP contribution in [-0.4, -0.2) is 13.2 Å². The maximum absolute atomic E-state index is 5.36. The van der Waals surface area contributed by atoms with Gasteiger partial charge in [0.15, 0.2) is 0 Å². The third kappa shape index (κ3) is 0.936. The van der Waals surface area contributed by atoms with Crippen molar-refractivity contribution in [2.45, 2.75) is 33.1 Å². The topological polar surface area (TPSA) is 9.23 Å². The van der Waals surface area contributed by atoms with Crippen molar-refractivity contribution in [1.29, 1.82) is 0 Å². The lowest BCUT2D eigenvalue weighted by Gasteiger charge is -2.53. The molecule has 2 rings (SSSR count). The predicted octanol–water partition coefficient (Wildman–Crippen LogP) is 2.46. The highest BCUT2D eigenvalue weighted by Crippen LogP contribution is 2.49. The van der Waals surface area contributed by atoms with Crippen LogP contribution in [0.25, 0.3) is 0 Å². The van der Waals surface area contributed by atoms with E-state index >= 15 is 0 Å². The normalized spacial score (nSPS) is 42.0. The molecule has 1 aliphatic heterocycles. The largest absolute Gasteiger partial charge is 0.380 e. The van der Waals surface area contributed by atoms with E-state index in [2.05, 4.69) is 13.8 Å². The summed E-state index contributed by atoms with van der Waals surface area (Å²) in [6.45, 7) is 6.88. The lowest BCUT2D eigenvalue weighted by atomic mass is 9.60. The van der Waals surface area contributed by atoms with Crippen LogP contribution in [0.15, 0.2) is 0 Å². The average Bonchev–Trinajstić information content (AvgIpc) is 1.83. The van der Waals surface area contributed by atoms with Crippen molar-refractivity contribution < 1.29 is 4.74 Å². The Bertz CT molecular complexity index is 137. The molecule has 0 amide bonds. The Kier molecular flexibility index (Phi) is 1.71. The van der Waals surface area contributed by atoms with Crippen LogP contribution in [0, 0.1) is 17.3 Å². The maximum atomic E-state index is 5.36. The molecule has 2 aliphatic rings. The van der Waals surface area contributed by atoms with E-state index in [0.29, 0.717) is 5.41 Å². The van der Waals surface area contributed by atoms with Crippen molar-refractivity contribution in [3.63, 3.8) is 0 Å². The van der Waals surface area contributed by atoms with Crippen LogP contribution >= 0.6 is 0 Å². The van der Waals surface area contributed by atoms with E-state index in [0.717, 1.165) is 25.0 Å². The number of rotatable bonds is 0. The minimum atomic E-state index is 0.595. The lowest BCUT2D eigenvalue weighted by molar-refractivity contribution is -0.185. The first kappa shape index (κ1) is 7.60. The van der Waals surface area contributed by atoms with Crippen LogP contribution < -0.4 is 0 Å². The summed E-state index contributed by atoms with van der Waals surface area (Å²) in [5.41, 5.74) is 0.595. The second kappa shape index (κ2) is 2.48. The Hall–Kier alpha value is -0.0400. The molecule has 1 saturated heterocycles. The molecule has 11 heavy (non-hydrogen) atoms. The molecule has 0 unspecified atom stereocenters. The van der Waals surface area contributed by atoms with Gasteiger partial charge >= 0.3 is 0 Å². The summed E-state index contributed by atoms with van der Waals surface area (Å²) in [5.74, 6) is 1.81. The quantitative estimate of drug-likeness (QED) is 0.521. The first-order chi connectivity index (χ1) is 5.26. The molecule has 1 nitrogen and oxygen atoms in total. The highest BCUT2D eigenvalue weighted by Gasteiger charge is 2.48. The second-order valence-electron chi connectivity index (χ2n) is 4.46. The molecule has 0 aromatic rings. The summed E-state index contributed by atoms with van der Waals surface area (Å²) in [4.78, 5) is 0. The fourth-order valence-corrected chi connectivity index (χ4v) is 2.70. The number of hydrogen-bond donors (Lipinski definition) is 0. The Morgan fingerprint density at radius 3 is 1.91 bits per heavy atom. The van der Waals surface area contributed by atoms with Gasteiger partial charge in [0.2, 0.25) is 0 Å². The van der Waals surface area contributed by atoms with Crippen LogP contribution in [0.3, 0.4) is 0 Å². The Morgan fingerprint density at radius 1 is 1.09 bits per heavy atom. The molecule has 0 N–H and O–H groups in total. The summed E-state index contributed by atoms with van der Waals surface area (Å²) in [6, 6.07) is 0. The zero-order valence-electron chi connectivity index (χ0n) is 7.60. The molecule has 1 heterocycles. The Labute approximate surface area is 69.1 Å². The molecule has 2 atom stereocenters. The molecule has 0 aromatic carbocycles. The summed E-state index contributed by atoms with van der Waals surface area (Å²) >= 11 is 0. The van der Waals surface area contributed by atoms with Gasteiger partial charge in [0.05, 0.1) is 13.2 Å². The summed E-state index contributed by atoms with van der Waals surface area (Å²) in [5, 5.41) is 0. The molecule has 1 aliphatic carbocycles. The standard InChI is InChI=1S/C10H18O/c1-8-4-3-5-9(2)10(8)6-11-7-10/h8-9H,3-7H2,1-2H3/t8-,9+. The fraction of sp³-hybridized carbons (Fsp3) is 1.00. The first-order valence-corrected chi connectivity index (χ1v) is 4.83. The zero-order chi connectivity index (χ0) is 7.90. The molecule has 2 fully saturated rings. The third-order valence-electron chi connectivity index (χ3n) is 3.98. The minimum absolute atomic E-state index is 0.595. The van der Waals surface area contributed by atoms with E-state index in [1.165, 1.54) is 19.3 Å². The van der Waals surface area contributed by atoms with Crippen molar-refractivity contribution in [3.8, 4) is 0 Å². The summed E-state index contributed by atoms with van der Waals surface area (Å²) < 4.78 is 5.36. The summed E-state index contributed by atoms with van der Waals surface area (Å²) in [6.07, 6.45) is 4.28. The van der Waals surface area contributed by atoms with Gasteiger partial charge in [-0.1, -0.05) is 20.3 Å². The van der Waals surface area contributed by atoms with Crippen LogP contribution in [0.2, 0.25) is 0 Å². The minimum Gasteiger partial charge on any atom is -0.380 e. The van der Waals surface area contributed by atoms with Gasteiger partial charge in [-0.2, -0.15) is 0 Å². The molecule has 1 heteroatoms. The predicted molar refractivity (Wildman–Crippen MR) is 45.4 cm³/mol. The van der Waals surface area contributed by atoms with E-state index in [-0.39, 0.29) is 0 Å². The van der Waals surface area contributed by atoms with Gasteiger partial charge in [0.1, 0.15) is 0 Å². The van der Waals surface area contributed by atoms with Crippen molar-refractivity contribution in [2.24, 2.45) is 17.3 Å². The highest BCUT2D eigenvalue weighted by molar-refractivity contribution is 4.96. The maximum Gasteiger partial charge on any atom is 0.0549 e. The van der Waals surface area contributed by atoms with E-state index in [9.17, 15) is 0 Å². The Balaban J connectivity index is 2.12. The average molecular weight is 154 g/mol. The van der Waals surface area contributed by atoms with Gasteiger partial charge in [-0.3, -0.25) is 0 Å². The van der Waals surface area contributed by atoms with Gasteiger partial charge in [0, 0.05) is 5.41 Å². The van der Waals surface area contributed by atoms with Crippen molar-refractivity contribution in [3.05, 3.63) is 0 Å². The van der Waals surface area contributed by atoms with Gasteiger partial charge in [-0.15, -0.1) is 0 Å². The van der Waals surface area contributed by atoms with Crippen LogP contribution in [-0.2, 0) is 4.74 Å². The van der Waals surface area contributed by atoms with Gasteiger partial charge in [0.25, 0.3) is 0 Å². The van der Waals surface area contributed by atoms with Crippen LogP contribution in [0.5, 0.6) is 0 Å². The monoisotopic (exact) mass is 154 g/mol. The highest BCUT2D eigenvalue weighted by atomic mass is 16.5. The van der Waals surface area contributed by atoms with Gasteiger partial charge < -0.3 is 4.74 Å². The molecule has 1 spiro atoms. The van der Waals surface area contributed by atoms with E-state index in [4.69, 9.17) is 4.74 Å². The molecule has 0 bridgehead atoms. The van der Waals surface area contributed by atoms with E-state index in [1.807, 2.05) is 0 Å². The van der Waals surface area contributed by atoms with Crippen molar-refractivity contribution in [2.75, 3.05) is 13.2 Å². The van der Waals surface area contributed by atoms with Crippen molar-refractivity contribution >= 4 is 0 Å². The second-order valence-corrected chi connectivity index (χ2v) is 4.46. The summed E-state index contributed by atoms with van der Waals surface area (Å²) in [7, 11) is 0. The first-order valence-electron chi connectivity index (χ1n) is 4.83. The molecular weight excluding hydrogens is 136 g/mol. The zero-order valence-corrected chi connectivity index (χ0v) is 7.60. The van der Waals surface area contributed by atoms with E-state index < -0.39 is 0 Å². The van der Waals surface area contributed by atoms with Crippen LogP contribution in [0.1, 0.15) is 33.1 Å². The fourth-order valence-electron chi connectivity index (χ4n) is 2.70. The van der Waals surface area contributed by atoms with Crippen molar-refractivity contribution in [1.82, 2.24) is 0 Å². The third-order valence-corrected chi connectivity index (χ3v) is 3.98. The number of hydrogen-bond acceptors (Lipinski definition) is 1.